The normalized spacial score (nSPS) is 22.9. The lowest BCUT2D eigenvalue weighted by Gasteiger charge is -2.30. The van der Waals surface area contributed by atoms with Crippen LogP contribution in [0.3, 0.4) is 0 Å². The fraction of sp³-hybridized carbons (Fsp3) is 0.471. The van der Waals surface area contributed by atoms with Gasteiger partial charge in [-0.2, -0.15) is 0 Å². The van der Waals surface area contributed by atoms with Crippen molar-refractivity contribution in [1.82, 2.24) is 5.32 Å². The molecule has 0 bridgehead atoms. The molecule has 1 aromatic carbocycles. The van der Waals surface area contributed by atoms with Crippen LogP contribution in [-0.4, -0.2) is 34.3 Å². The number of hydrogen-bond donors (Lipinski definition) is 2. The minimum absolute atomic E-state index is 0.0639. The number of carboxylic acids is 1. The molecule has 128 valence electrons. The minimum atomic E-state index is -0.976. The van der Waals surface area contributed by atoms with E-state index in [1.807, 2.05) is 31.2 Å². The molecule has 2 aliphatic rings. The summed E-state index contributed by atoms with van der Waals surface area (Å²) in [5, 5.41) is 12.0. The van der Waals surface area contributed by atoms with Crippen LogP contribution < -0.4 is 10.2 Å². The number of fused-ring (bicyclic) bond motifs is 3. The number of benzene rings is 1. The van der Waals surface area contributed by atoms with Gasteiger partial charge < -0.3 is 10.4 Å². The fourth-order valence-corrected chi connectivity index (χ4v) is 4.75. The summed E-state index contributed by atoms with van der Waals surface area (Å²) in [4.78, 5) is 38.0. The standard InChI is InChI=1S/C17H20N2O4S/c1-2-5-11(15(21)22)10-18-16(23)17-9-8-14(20)19(17)12-6-3-4-7-13(12)24-17/h3-4,6-7,11H,2,5,8-10H2,1H3,(H,18,23)(H,21,22). The Hall–Kier alpha value is -2.02. The Morgan fingerprint density at radius 3 is 2.88 bits per heavy atom. The van der Waals surface area contributed by atoms with E-state index in [-0.39, 0.29) is 18.4 Å². The molecular weight excluding hydrogens is 328 g/mol. The highest BCUT2D eigenvalue weighted by Gasteiger charge is 2.57. The van der Waals surface area contributed by atoms with Crippen LogP contribution in [0.15, 0.2) is 29.2 Å². The fourth-order valence-electron chi connectivity index (χ4n) is 3.31. The number of anilines is 1. The molecule has 0 aliphatic carbocycles. The Morgan fingerprint density at radius 1 is 1.42 bits per heavy atom. The van der Waals surface area contributed by atoms with Crippen LogP contribution in [0.1, 0.15) is 32.6 Å². The highest BCUT2D eigenvalue weighted by molar-refractivity contribution is 8.02. The summed E-state index contributed by atoms with van der Waals surface area (Å²) in [6, 6.07) is 7.47. The van der Waals surface area contributed by atoms with Crippen molar-refractivity contribution >= 4 is 35.2 Å². The molecule has 1 saturated heterocycles. The van der Waals surface area contributed by atoms with E-state index in [2.05, 4.69) is 5.32 Å². The molecule has 2 atom stereocenters. The topological polar surface area (TPSA) is 86.7 Å². The quantitative estimate of drug-likeness (QED) is 0.823. The highest BCUT2D eigenvalue weighted by Crippen LogP contribution is 2.55. The third kappa shape index (κ3) is 2.66. The van der Waals surface area contributed by atoms with Crippen LogP contribution in [0.4, 0.5) is 5.69 Å². The van der Waals surface area contributed by atoms with Gasteiger partial charge in [-0.25, -0.2) is 0 Å². The van der Waals surface area contributed by atoms with Gasteiger partial charge in [0.05, 0.1) is 11.6 Å². The Labute approximate surface area is 144 Å². The van der Waals surface area contributed by atoms with Gasteiger partial charge in [0.1, 0.15) is 0 Å². The maximum Gasteiger partial charge on any atom is 0.308 e. The van der Waals surface area contributed by atoms with Crippen molar-refractivity contribution in [3.63, 3.8) is 0 Å². The maximum atomic E-state index is 12.9. The average molecular weight is 348 g/mol. The third-order valence-electron chi connectivity index (χ3n) is 4.52. The summed E-state index contributed by atoms with van der Waals surface area (Å²) in [5.41, 5.74) is 0.767. The molecule has 0 radical (unpaired) electrons. The van der Waals surface area contributed by atoms with Crippen molar-refractivity contribution in [2.45, 2.75) is 42.4 Å². The highest BCUT2D eigenvalue weighted by atomic mass is 32.2. The lowest BCUT2D eigenvalue weighted by molar-refractivity contribution is -0.142. The van der Waals surface area contributed by atoms with E-state index in [9.17, 15) is 19.5 Å². The molecule has 2 aliphatic heterocycles. The monoisotopic (exact) mass is 348 g/mol. The Bertz CT molecular complexity index is 693. The minimum Gasteiger partial charge on any atom is -0.481 e. The number of carbonyl (C=O) groups excluding carboxylic acids is 2. The van der Waals surface area contributed by atoms with E-state index < -0.39 is 16.8 Å². The van der Waals surface area contributed by atoms with Crippen LogP contribution in [0.25, 0.3) is 0 Å². The SMILES string of the molecule is CCCC(CNC(=O)C12CCC(=O)N1c1ccccc1S2)C(=O)O. The number of aliphatic carboxylic acids is 1. The van der Waals surface area contributed by atoms with Crippen LogP contribution in [0, 0.1) is 5.92 Å². The smallest absolute Gasteiger partial charge is 0.308 e. The average Bonchev–Trinajstić information content (AvgIpc) is 3.07. The molecule has 0 spiro atoms. The van der Waals surface area contributed by atoms with Crippen molar-refractivity contribution < 1.29 is 19.5 Å². The predicted molar refractivity (Wildman–Crippen MR) is 90.8 cm³/mol. The summed E-state index contributed by atoms with van der Waals surface area (Å²) in [7, 11) is 0. The zero-order valence-electron chi connectivity index (χ0n) is 13.4. The van der Waals surface area contributed by atoms with E-state index in [1.54, 1.807) is 4.90 Å². The number of para-hydroxylation sites is 1. The third-order valence-corrected chi connectivity index (χ3v) is 6.00. The van der Waals surface area contributed by atoms with Crippen molar-refractivity contribution in [1.29, 1.82) is 0 Å². The van der Waals surface area contributed by atoms with E-state index in [0.29, 0.717) is 19.3 Å². The largest absolute Gasteiger partial charge is 0.481 e. The molecule has 0 saturated carbocycles. The van der Waals surface area contributed by atoms with Gasteiger partial charge in [0.15, 0.2) is 4.87 Å². The molecule has 7 heteroatoms. The first-order valence-electron chi connectivity index (χ1n) is 8.12. The van der Waals surface area contributed by atoms with Crippen molar-refractivity contribution in [3.8, 4) is 0 Å². The molecule has 3 rings (SSSR count). The van der Waals surface area contributed by atoms with Crippen LogP contribution >= 0.6 is 11.8 Å². The van der Waals surface area contributed by atoms with Crippen LogP contribution in [0.2, 0.25) is 0 Å². The van der Waals surface area contributed by atoms with E-state index in [1.165, 1.54) is 11.8 Å². The summed E-state index contributed by atoms with van der Waals surface area (Å²) < 4.78 is 0. The van der Waals surface area contributed by atoms with Gasteiger partial charge in [-0.3, -0.25) is 19.3 Å². The summed E-state index contributed by atoms with van der Waals surface area (Å²) in [6.07, 6.45) is 2.01. The molecular formula is C17H20N2O4S. The van der Waals surface area contributed by atoms with E-state index in [0.717, 1.165) is 17.0 Å². The van der Waals surface area contributed by atoms with Gasteiger partial charge in [0.25, 0.3) is 5.91 Å². The zero-order valence-corrected chi connectivity index (χ0v) is 14.3. The van der Waals surface area contributed by atoms with Gasteiger partial charge >= 0.3 is 5.97 Å². The number of nitrogens with one attached hydrogen (secondary N) is 1. The van der Waals surface area contributed by atoms with Crippen molar-refractivity contribution in [3.05, 3.63) is 24.3 Å². The number of thioether (sulfide) groups is 1. The molecule has 2 unspecified atom stereocenters. The van der Waals surface area contributed by atoms with Gasteiger partial charge in [-0.1, -0.05) is 37.2 Å². The molecule has 1 aromatic rings. The first kappa shape index (κ1) is 16.8. The van der Waals surface area contributed by atoms with Gasteiger partial charge in [0, 0.05) is 17.9 Å². The van der Waals surface area contributed by atoms with Crippen molar-refractivity contribution in [2.24, 2.45) is 5.92 Å². The molecule has 6 nitrogen and oxygen atoms in total. The molecule has 0 aromatic heterocycles. The maximum absolute atomic E-state index is 12.9. The molecule has 2 heterocycles. The second-order valence-corrected chi connectivity index (χ2v) is 7.44. The van der Waals surface area contributed by atoms with Gasteiger partial charge in [0.2, 0.25) is 5.91 Å². The van der Waals surface area contributed by atoms with E-state index >= 15 is 0 Å². The van der Waals surface area contributed by atoms with Gasteiger partial charge in [-0.15, -0.1) is 0 Å². The molecule has 1 fully saturated rings. The van der Waals surface area contributed by atoms with Crippen LogP contribution in [0.5, 0.6) is 0 Å². The summed E-state index contributed by atoms with van der Waals surface area (Å²) >= 11 is 1.39. The van der Waals surface area contributed by atoms with Crippen LogP contribution in [-0.2, 0) is 14.4 Å². The molecule has 2 N–H and O–H groups in total. The van der Waals surface area contributed by atoms with E-state index in [4.69, 9.17) is 0 Å². The lowest BCUT2D eigenvalue weighted by Crippen LogP contribution is -2.53. The van der Waals surface area contributed by atoms with Gasteiger partial charge in [-0.05, 0) is 25.0 Å². The number of nitrogens with zero attached hydrogens (tertiary/aromatic N) is 1. The van der Waals surface area contributed by atoms with Crippen molar-refractivity contribution in [2.75, 3.05) is 11.4 Å². The lowest BCUT2D eigenvalue weighted by atomic mass is 10.0. The molecule has 2 amide bonds. The Morgan fingerprint density at radius 2 is 2.17 bits per heavy atom. The number of carbonyl (C=O) groups is 3. The number of amides is 2. The second-order valence-electron chi connectivity index (χ2n) is 6.12. The summed E-state index contributed by atoms with van der Waals surface area (Å²) in [6.45, 7) is 2.00. The Kier molecular flexibility index (Phi) is 4.54. The first-order chi connectivity index (χ1) is 11.5. The number of rotatable bonds is 6. The summed E-state index contributed by atoms with van der Waals surface area (Å²) in [5.74, 6) is -1.85. The number of carboxylic acid groups (broad SMARTS) is 1. The first-order valence-corrected chi connectivity index (χ1v) is 8.93. The Balaban J connectivity index is 1.79. The molecule has 24 heavy (non-hydrogen) atoms. The number of hydrogen-bond acceptors (Lipinski definition) is 4. The zero-order chi connectivity index (χ0) is 17.3. The second kappa shape index (κ2) is 6.47. The predicted octanol–water partition coefficient (Wildman–Crippen LogP) is 2.23.